The Bertz CT molecular complexity index is 552. The molecule has 6 nitrogen and oxygen atoms in total. The number of carbonyl (C=O) groups excluding carboxylic acids is 2. The van der Waals surface area contributed by atoms with Crippen molar-refractivity contribution in [3.8, 4) is 0 Å². The van der Waals surface area contributed by atoms with Gasteiger partial charge in [0.15, 0.2) is 0 Å². The van der Waals surface area contributed by atoms with Crippen LogP contribution in [-0.2, 0) is 16.0 Å². The van der Waals surface area contributed by atoms with Gasteiger partial charge in [-0.15, -0.1) is 0 Å². The molecular weight excluding hydrogens is 325 g/mol. The van der Waals surface area contributed by atoms with Gasteiger partial charge in [0.25, 0.3) is 0 Å². The maximum Gasteiger partial charge on any atom is 0.338 e. The number of ether oxygens (including phenoxy) is 1. The summed E-state index contributed by atoms with van der Waals surface area (Å²) in [5.74, 6) is -0.430. The van der Waals surface area contributed by atoms with E-state index >= 15 is 0 Å². The van der Waals surface area contributed by atoms with Gasteiger partial charge in [-0.25, -0.2) is 9.18 Å². The Morgan fingerprint density at radius 3 is 2.68 bits per heavy atom. The van der Waals surface area contributed by atoms with Gasteiger partial charge in [0.1, 0.15) is 13.3 Å². The number of amides is 1. The first-order chi connectivity index (χ1) is 12.0. The fourth-order valence-electron chi connectivity index (χ4n) is 2.32. The van der Waals surface area contributed by atoms with Gasteiger partial charge in [0.05, 0.1) is 5.56 Å². The summed E-state index contributed by atoms with van der Waals surface area (Å²) in [5.41, 5.74) is 1.07. The van der Waals surface area contributed by atoms with E-state index in [9.17, 15) is 14.0 Å². The normalized spacial score (nSPS) is 10.8. The van der Waals surface area contributed by atoms with E-state index in [4.69, 9.17) is 4.74 Å². The molecule has 0 atom stereocenters. The van der Waals surface area contributed by atoms with Gasteiger partial charge in [-0.3, -0.25) is 9.78 Å². The van der Waals surface area contributed by atoms with Crippen LogP contribution < -0.4 is 0 Å². The minimum Gasteiger partial charge on any atom is -0.459 e. The molecule has 0 aliphatic carbocycles. The number of esters is 1. The molecule has 0 aliphatic rings. The lowest BCUT2D eigenvalue weighted by Crippen LogP contribution is -2.36. The van der Waals surface area contributed by atoms with E-state index in [1.807, 2.05) is 30.8 Å². The van der Waals surface area contributed by atoms with Crippen molar-refractivity contribution in [3.05, 3.63) is 29.6 Å². The number of aryl methyl sites for hydroxylation is 1. The summed E-state index contributed by atoms with van der Waals surface area (Å²) >= 11 is 0. The zero-order valence-electron chi connectivity index (χ0n) is 15.3. The highest BCUT2D eigenvalue weighted by Crippen LogP contribution is 2.08. The van der Waals surface area contributed by atoms with Gasteiger partial charge in [0.2, 0.25) is 5.91 Å². The maximum absolute atomic E-state index is 12.2. The molecule has 0 saturated heterocycles. The Morgan fingerprint density at radius 1 is 1.28 bits per heavy atom. The number of pyridine rings is 1. The highest BCUT2D eigenvalue weighted by Gasteiger charge is 2.12. The number of aromatic nitrogens is 1. The third-order valence-corrected chi connectivity index (χ3v) is 3.74. The van der Waals surface area contributed by atoms with E-state index in [1.165, 1.54) is 12.3 Å². The van der Waals surface area contributed by atoms with Gasteiger partial charge in [-0.2, -0.15) is 0 Å². The van der Waals surface area contributed by atoms with Gasteiger partial charge in [-0.1, -0.05) is 0 Å². The molecule has 140 valence electrons. The Balaban J connectivity index is 2.47. The summed E-state index contributed by atoms with van der Waals surface area (Å²) in [6, 6.07) is 3.17. The average Bonchev–Trinajstić information content (AvgIpc) is 2.60. The Morgan fingerprint density at radius 2 is 2.04 bits per heavy atom. The quantitative estimate of drug-likeness (QED) is 0.569. The zero-order chi connectivity index (χ0) is 18.7. The number of nitrogens with zero attached hydrogens (tertiary/aromatic N) is 3. The Hall–Kier alpha value is -2.02. The summed E-state index contributed by atoms with van der Waals surface area (Å²) in [6.07, 6.45) is 3.23. The number of likely N-dealkylation sites (N-methyl/N-ethyl adjacent to an activating group) is 2. The van der Waals surface area contributed by atoms with Crippen LogP contribution >= 0.6 is 0 Å². The Kier molecular flexibility index (Phi) is 9.69. The zero-order valence-corrected chi connectivity index (χ0v) is 15.3. The molecule has 0 aliphatic heterocycles. The van der Waals surface area contributed by atoms with E-state index in [-0.39, 0.29) is 12.5 Å². The van der Waals surface area contributed by atoms with Crippen molar-refractivity contribution in [2.45, 2.75) is 26.2 Å². The van der Waals surface area contributed by atoms with Crippen molar-refractivity contribution >= 4 is 11.9 Å². The molecule has 0 saturated carbocycles. The lowest BCUT2D eigenvalue weighted by atomic mass is 10.1. The van der Waals surface area contributed by atoms with Crippen LogP contribution in [0.5, 0.6) is 0 Å². The number of carbonyl (C=O) groups is 2. The van der Waals surface area contributed by atoms with E-state index in [0.717, 1.165) is 18.8 Å². The molecule has 0 bridgehead atoms. The summed E-state index contributed by atoms with van der Waals surface area (Å²) in [7, 11) is 3.96. The van der Waals surface area contributed by atoms with Crippen molar-refractivity contribution < 1.29 is 18.7 Å². The fraction of sp³-hybridized carbons (Fsp3) is 0.611. The smallest absolute Gasteiger partial charge is 0.338 e. The predicted molar refractivity (Wildman–Crippen MR) is 94.2 cm³/mol. The van der Waals surface area contributed by atoms with E-state index in [0.29, 0.717) is 31.4 Å². The van der Waals surface area contributed by atoms with Crippen LogP contribution in [0.3, 0.4) is 0 Å². The number of hydrogen-bond acceptors (Lipinski definition) is 5. The van der Waals surface area contributed by atoms with E-state index in [2.05, 4.69) is 4.98 Å². The second-order valence-electron chi connectivity index (χ2n) is 5.99. The lowest BCUT2D eigenvalue weighted by Gasteiger charge is -2.22. The van der Waals surface area contributed by atoms with Crippen LogP contribution in [0.1, 0.15) is 35.8 Å². The first-order valence-corrected chi connectivity index (χ1v) is 8.58. The molecule has 0 radical (unpaired) electrons. The second-order valence-corrected chi connectivity index (χ2v) is 5.99. The second kappa shape index (κ2) is 11.5. The molecule has 0 N–H and O–H groups in total. The van der Waals surface area contributed by atoms with Gasteiger partial charge in [-0.05, 0) is 46.0 Å². The SMILES string of the molecule is CCN(CCN(C)C)C(=O)CCCc1cc(C(=O)OCCF)ccn1. The van der Waals surface area contributed by atoms with Crippen LogP contribution in [0.15, 0.2) is 18.3 Å². The largest absolute Gasteiger partial charge is 0.459 e. The summed E-state index contributed by atoms with van der Waals surface area (Å²) < 4.78 is 16.8. The minimum absolute atomic E-state index is 0.128. The molecule has 0 aromatic carbocycles. The topological polar surface area (TPSA) is 62.7 Å². The third-order valence-electron chi connectivity index (χ3n) is 3.74. The van der Waals surface area contributed by atoms with Crippen molar-refractivity contribution in [1.82, 2.24) is 14.8 Å². The Labute approximate surface area is 149 Å². The van der Waals surface area contributed by atoms with Crippen molar-refractivity contribution in [1.29, 1.82) is 0 Å². The first-order valence-electron chi connectivity index (χ1n) is 8.58. The predicted octanol–water partition coefficient (Wildman–Crippen LogP) is 1.94. The van der Waals surface area contributed by atoms with E-state index < -0.39 is 12.6 Å². The molecule has 1 heterocycles. The highest BCUT2D eigenvalue weighted by atomic mass is 19.1. The first kappa shape index (κ1) is 21.0. The molecule has 1 rings (SSSR count). The van der Waals surface area contributed by atoms with E-state index in [1.54, 1.807) is 6.07 Å². The fourth-order valence-corrected chi connectivity index (χ4v) is 2.32. The molecule has 0 spiro atoms. The monoisotopic (exact) mass is 353 g/mol. The molecule has 7 heteroatoms. The van der Waals surface area contributed by atoms with Crippen LogP contribution in [0.4, 0.5) is 4.39 Å². The number of halogens is 1. The molecule has 25 heavy (non-hydrogen) atoms. The molecule has 1 amide bonds. The average molecular weight is 353 g/mol. The highest BCUT2D eigenvalue weighted by molar-refractivity contribution is 5.89. The number of hydrogen-bond donors (Lipinski definition) is 0. The van der Waals surface area contributed by atoms with Crippen LogP contribution in [0.25, 0.3) is 0 Å². The van der Waals surface area contributed by atoms with Gasteiger partial charge in [0, 0.05) is 37.9 Å². The number of rotatable bonds is 11. The molecule has 0 fully saturated rings. The van der Waals surface area contributed by atoms with Crippen molar-refractivity contribution in [2.75, 3.05) is 47.0 Å². The summed E-state index contributed by atoms with van der Waals surface area (Å²) in [5, 5.41) is 0. The van der Waals surface area contributed by atoms with Gasteiger partial charge >= 0.3 is 5.97 Å². The standard InChI is InChI=1S/C18H28FN3O3/c1-4-22(12-11-21(2)3)17(23)7-5-6-16-14-15(8-10-20-16)18(24)25-13-9-19/h8,10,14H,4-7,9,11-13H2,1-3H3. The van der Waals surface area contributed by atoms with Crippen LogP contribution in [0.2, 0.25) is 0 Å². The summed E-state index contributed by atoms with van der Waals surface area (Å²) in [6.45, 7) is 3.28. The van der Waals surface area contributed by atoms with Crippen molar-refractivity contribution in [3.63, 3.8) is 0 Å². The van der Waals surface area contributed by atoms with Crippen LogP contribution in [-0.4, -0.2) is 73.7 Å². The maximum atomic E-state index is 12.2. The third kappa shape index (κ3) is 8.07. The minimum atomic E-state index is -0.701. The summed E-state index contributed by atoms with van der Waals surface area (Å²) in [4.78, 5) is 32.1. The lowest BCUT2D eigenvalue weighted by molar-refractivity contribution is -0.131. The molecular formula is C18H28FN3O3. The molecule has 1 aromatic heterocycles. The molecule has 0 unspecified atom stereocenters. The molecule has 1 aromatic rings. The van der Waals surface area contributed by atoms with Crippen molar-refractivity contribution in [2.24, 2.45) is 0 Å². The van der Waals surface area contributed by atoms with Gasteiger partial charge < -0.3 is 14.5 Å². The number of alkyl halides is 1. The van der Waals surface area contributed by atoms with Crippen LogP contribution in [0, 0.1) is 0 Å².